The first-order valence-corrected chi connectivity index (χ1v) is 16.4. The van der Waals surface area contributed by atoms with E-state index in [9.17, 15) is 13.2 Å². The van der Waals surface area contributed by atoms with E-state index < -0.39 is 45.9 Å². The first-order chi connectivity index (χ1) is 25.0. The van der Waals surface area contributed by atoms with Crippen LogP contribution in [-0.2, 0) is 22.0 Å². The van der Waals surface area contributed by atoms with Crippen molar-refractivity contribution in [2.24, 2.45) is 4.99 Å². The van der Waals surface area contributed by atoms with E-state index in [2.05, 4.69) is 20.6 Å². The molecular weight excluding hydrogens is 698 g/mol. The minimum atomic E-state index is -4.72. The second-order valence-electron chi connectivity index (χ2n) is 13.1. The van der Waals surface area contributed by atoms with E-state index in [-0.39, 0.29) is 17.5 Å². The van der Waals surface area contributed by atoms with Gasteiger partial charge in [0.25, 0.3) is 6.02 Å². The number of alkyl halides is 5. The largest absolute Gasteiger partial charge is 0.497 e. The molecule has 0 bridgehead atoms. The minimum absolute atomic E-state index is 0.00866. The molecule has 7 nitrogen and oxygen atoms in total. The fourth-order valence-corrected chi connectivity index (χ4v) is 6.50. The van der Waals surface area contributed by atoms with Gasteiger partial charge in [0.05, 0.1) is 14.2 Å². The second-order valence-corrected chi connectivity index (χ2v) is 13.1. The summed E-state index contributed by atoms with van der Waals surface area (Å²) in [6.45, 7) is 3.45. The third kappa shape index (κ3) is 6.71. The molecule has 13 heteroatoms. The maximum Gasteiger partial charge on any atom is 0.433 e. The molecule has 0 amide bonds. The first-order valence-electron chi connectivity index (χ1n) is 16.4. The highest BCUT2D eigenvalue weighted by Gasteiger charge is 2.67. The highest BCUT2D eigenvalue weighted by atomic mass is 19.4. The van der Waals surface area contributed by atoms with Gasteiger partial charge in [0, 0.05) is 11.3 Å². The van der Waals surface area contributed by atoms with E-state index in [1.54, 1.807) is 24.3 Å². The Bertz CT molecular complexity index is 2060. The summed E-state index contributed by atoms with van der Waals surface area (Å²) in [5.41, 5.74) is -5.90. The van der Waals surface area contributed by atoms with Crippen LogP contribution in [0, 0.1) is 5.82 Å². The predicted molar refractivity (Wildman–Crippen MR) is 189 cm³/mol. The molecule has 4 aromatic carbocycles. The van der Waals surface area contributed by atoms with Crippen LogP contribution in [0.1, 0.15) is 48.7 Å². The molecule has 2 heterocycles. The molecule has 5 aromatic rings. The Morgan fingerprint density at radius 2 is 1.26 bits per heavy atom. The summed E-state index contributed by atoms with van der Waals surface area (Å²) in [6.07, 6.45) is -4.72. The molecule has 0 saturated carbocycles. The van der Waals surface area contributed by atoms with Gasteiger partial charge in [0.1, 0.15) is 34.4 Å². The van der Waals surface area contributed by atoms with Crippen LogP contribution in [0.2, 0.25) is 0 Å². The third-order valence-corrected chi connectivity index (χ3v) is 9.39. The van der Waals surface area contributed by atoms with E-state index in [0.717, 1.165) is 31.2 Å². The number of aromatic nitrogens is 1. The highest BCUT2D eigenvalue weighted by molar-refractivity contribution is 5.79. The van der Waals surface area contributed by atoms with E-state index in [0.29, 0.717) is 28.2 Å². The Hall–Kier alpha value is -5.72. The zero-order chi connectivity index (χ0) is 38.2. The van der Waals surface area contributed by atoms with Crippen molar-refractivity contribution in [3.05, 3.63) is 149 Å². The highest BCUT2D eigenvalue weighted by Crippen LogP contribution is 2.53. The molecule has 276 valence electrons. The molecule has 0 fully saturated rings. The van der Waals surface area contributed by atoms with Gasteiger partial charge in [0.15, 0.2) is 11.1 Å². The average Bonchev–Trinajstić information content (AvgIpc) is 3.14. The van der Waals surface area contributed by atoms with Crippen molar-refractivity contribution in [2.75, 3.05) is 19.5 Å². The van der Waals surface area contributed by atoms with Crippen molar-refractivity contribution >= 4 is 17.5 Å². The summed E-state index contributed by atoms with van der Waals surface area (Å²) in [4.78, 5) is 8.05. The smallest absolute Gasteiger partial charge is 0.433 e. The van der Waals surface area contributed by atoms with Crippen LogP contribution in [-0.4, -0.2) is 36.7 Å². The van der Waals surface area contributed by atoms with E-state index >= 15 is 13.2 Å². The third-order valence-electron chi connectivity index (χ3n) is 9.39. The van der Waals surface area contributed by atoms with E-state index in [4.69, 9.17) is 14.2 Å². The van der Waals surface area contributed by atoms with Gasteiger partial charge in [-0.3, -0.25) is 0 Å². The molecule has 1 aliphatic rings. The summed E-state index contributed by atoms with van der Waals surface area (Å²) < 4.78 is 106. The number of halogens is 6. The molecule has 0 unspecified atom stereocenters. The van der Waals surface area contributed by atoms with Crippen molar-refractivity contribution in [1.29, 1.82) is 0 Å². The lowest BCUT2D eigenvalue weighted by Crippen LogP contribution is -2.64. The molecule has 0 aliphatic carbocycles. The summed E-state index contributed by atoms with van der Waals surface area (Å²) in [5.74, 6) is -3.92. The first kappa shape index (κ1) is 37.1. The molecule has 2 N–H and O–H groups in total. The van der Waals surface area contributed by atoms with Gasteiger partial charge in [-0.15, -0.1) is 0 Å². The quantitative estimate of drug-likeness (QED) is 0.116. The van der Waals surface area contributed by atoms with Gasteiger partial charge in [0.2, 0.25) is 0 Å². The van der Waals surface area contributed by atoms with Crippen LogP contribution < -0.4 is 20.1 Å². The summed E-state index contributed by atoms with van der Waals surface area (Å²) in [6, 6.07) is 29.7. The normalized spacial score (nSPS) is 18.0. The number of hydrogen-bond donors (Lipinski definition) is 2. The van der Waals surface area contributed by atoms with Crippen molar-refractivity contribution in [2.45, 2.75) is 49.5 Å². The molecule has 0 saturated heterocycles. The Labute approximate surface area is 302 Å². The number of benzene rings is 4. The number of nitrogens with one attached hydrogen (secondary N) is 2. The molecule has 53 heavy (non-hydrogen) atoms. The summed E-state index contributed by atoms with van der Waals surface area (Å²) in [5, 5.41) is 6.05. The number of ether oxygens (including phenoxy) is 3. The fourth-order valence-electron chi connectivity index (χ4n) is 6.50. The number of pyridine rings is 1. The van der Waals surface area contributed by atoms with Gasteiger partial charge < -0.3 is 24.8 Å². The number of hydrogen-bond acceptors (Lipinski definition) is 7. The SMILES string of the molecule is COc1ccc(C(NC2=N[C@](C)(c3cc(Nc4cccc(C(F)(F)F)n4)ccc3F)C(F)(F)C(C)(C)O2)(c2ccccc2)c2ccc(OC)cc2)cc1. The summed E-state index contributed by atoms with van der Waals surface area (Å²) >= 11 is 0. The van der Waals surface area contributed by atoms with Crippen molar-refractivity contribution in [3.63, 3.8) is 0 Å². The monoisotopic (exact) mass is 734 g/mol. The van der Waals surface area contributed by atoms with Gasteiger partial charge >= 0.3 is 12.1 Å². The molecule has 1 aromatic heterocycles. The number of amidine groups is 1. The van der Waals surface area contributed by atoms with Crippen LogP contribution in [0.15, 0.2) is 120 Å². The molecule has 1 atom stereocenters. The number of rotatable bonds is 9. The Morgan fingerprint density at radius 3 is 1.81 bits per heavy atom. The molecular formula is C40H36F6N4O3. The van der Waals surface area contributed by atoms with Crippen LogP contribution in [0.4, 0.5) is 37.8 Å². The Morgan fingerprint density at radius 1 is 0.698 bits per heavy atom. The van der Waals surface area contributed by atoms with Gasteiger partial charge in [-0.2, -0.15) is 22.0 Å². The lowest BCUT2D eigenvalue weighted by atomic mass is 9.76. The summed E-state index contributed by atoms with van der Waals surface area (Å²) in [7, 11) is 3.07. The number of nitrogens with zero attached hydrogens (tertiary/aromatic N) is 2. The number of methoxy groups -OCH3 is 2. The maximum absolute atomic E-state index is 16.8. The number of anilines is 2. The lowest BCUT2D eigenvalue weighted by molar-refractivity contribution is -0.209. The number of aliphatic imine (C=N–C) groups is 1. The van der Waals surface area contributed by atoms with Crippen molar-refractivity contribution in [1.82, 2.24) is 10.3 Å². The fraction of sp³-hybridized carbons (Fsp3) is 0.250. The van der Waals surface area contributed by atoms with Crippen LogP contribution in [0.3, 0.4) is 0 Å². The van der Waals surface area contributed by atoms with E-state index in [1.165, 1.54) is 40.2 Å². The van der Waals surface area contributed by atoms with Crippen LogP contribution in [0.25, 0.3) is 0 Å². The Balaban J connectivity index is 1.53. The maximum atomic E-state index is 16.8. The zero-order valence-electron chi connectivity index (χ0n) is 29.4. The molecule has 0 radical (unpaired) electrons. The van der Waals surface area contributed by atoms with Crippen LogP contribution in [0.5, 0.6) is 11.5 Å². The minimum Gasteiger partial charge on any atom is -0.497 e. The van der Waals surface area contributed by atoms with Crippen molar-refractivity contribution in [3.8, 4) is 11.5 Å². The van der Waals surface area contributed by atoms with Gasteiger partial charge in [-0.1, -0.05) is 60.7 Å². The standard InChI is InChI=1S/C40H36F6N4O3/c1-36(2)40(45,46)37(3,31-24-28(18-23-32(31)41)47-34-13-9-12-33(48-34)39(42,43)44)49-35(53-36)50-38(25-10-7-6-8-11-25,26-14-19-29(51-4)20-15-26)27-16-21-30(52-5)22-17-27/h6-24H,1-5H3,(H,47,48)(H,49,50)/t37-/m1/s1. The lowest BCUT2D eigenvalue weighted by Gasteiger charge is -2.49. The average molecular weight is 735 g/mol. The van der Waals surface area contributed by atoms with Crippen LogP contribution >= 0.6 is 0 Å². The molecule has 1 aliphatic heterocycles. The molecule has 6 rings (SSSR count). The Kier molecular flexibility index (Phi) is 9.56. The molecule has 0 spiro atoms. The topological polar surface area (TPSA) is 77.0 Å². The van der Waals surface area contributed by atoms with Gasteiger partial charge in [-0.05, 0) is 92.1 Å². The van der Waals surface area contributed by atoms with E-state index in [1.807, 2.05) is 54.6 Å². The second kappa shape index (κ2) is 13.7. The predicted octanol–water partition coefficient (Wildman–Crippen LogP) is 9.60. The zero-order valence-corrected chi connectivity index (χ0v) is 29.4. The van der Waals surface area contributed by atoms with Crippen molar-refractivity contribution < 1.29 is 40.6 Å². The van der Waals surface area contributed by atoms with Gasteiger partial charge in [-0.25, -0.2) is 14.4 Å².